The van der Waals surface area contributed by atoms with Crippen molar-refractivity contribution in [2.24, 2.45) is 11.8 Å². The molecule has 1 aromatic rings. The van der Waals surface area contributed by atoms with E-state index in [1.807, 2.05) is 18.2 Å². The summed E-state index contributed by atoms with van der Waals surface area (Å²) in [6, 6.07) is 8.13. The van der Waals surface area contributed by atoms with Crippen LogP contribution in [0.3, 0.4) is 0 Å². The first-order chi connectivity index (χ1) is 7.84. The lowest BCUT2D eigenvalue weighted by molar-refractivity contribution is 0.0919. The Hall–Kier alpha value is -1.11. The van der Waals surface area contributed by atoms with E-state index in [2.05, 4.69) is 6.07 Å². The molecular weight excluding hydrogens is 196 g/mol. The zero-order valence-electron chi connectivity index (χ0n) is 9.61. The van der Waals surface area contributed by atoms with Crippen LogP contribution < -0.4 is 0 Å². The molecule has 1 nitrogen and oxygen atoms in total. The fourth-order valence-electron chi connectivity index (χ4n) is 3.36. The maximum atomic E-state index is 12.2. The van der Waals surface area contributed by atoms with Gasteiger partial charge in [-0.2, -0.15) is 0 Å². The Bertz CT molecular complexity index is 402. The first kappa shape index (κ1) is 10.1. The number of Topliss-reactive ketones (excluding diaryl/α,β-unsaturated/α-hetero) is 1. The molecule has 0 N–H and O–H groups in total. The minimum Gasteiger partial charge on any atom is -0.294 e. The number of hydrogen-bond acceptors (Lipinski definition) is 1. The molecule has 1 heteroatoms. The van der Waals surface area contributed by atoms with Crippen molar-refractivity contribution in [1.82, 2.24) is 0 Å². The summed E-state index contributed by atoms with van der Waals surface area (Å²) in [4.78, 5) is 12.2. The van der Waals surface area contributed by atoms with Gasteiger partial charge in [0.25, 0.3) is 0 Å². The van der Waals surface area contributed by atoms with Crippen molar-refractivity contribution in [2.45, 2.75) is 38.5 Å². The molecule has 0 radical (unpaired) electrons. The molecule has 1 unspecified atom stereocenters. The number of ketones is 1. The molecule has 0 aromatic heterocycles. The summed E-state index contributed by atoms with van der Waals surface area (Å²) in [7, 11) is 0. The van der Waals surface area contributed by atoms with Gasteiger partial charge in [0.15, 0.2) is 5.78 Å². The highest BCUT2D eigenvalue weighted by atomic mass is 16.1. The largest absolute Gasteiger partial charge is 0.294 e. The van der Waals surface area contributed by atoms with E-state index in [-0.39, 0.29) is 0 Å². The highest BCUT2D eigenvalue weighted by molar-refractivity contribution is 6.02. The monoisotopic (exact) mass is 214 g/mol. The van der Waals surface area contributed by atoms with Gasteiger partial charge < -0.3 is 0 Å². The van der Waals surface area contributed by atoms with Crippen LogP contribution >= 0.6 is 0 Å². The van der Waals surface area contributed by atoms with E-state index in [1.54, 1.807) is 0 Å². The molecule has 84 valence electrons. The maximum Gasteiger partial charge on any atom is 0.166 e. The van der Waals surface area contributed by atoms with Gasteiger partial charge >= 0.3 is 0 Å². The van der Waals surface area contributed by atoms with Gasteiger partial charge in [0, 0.05) is 11.5 Å². The average molecular weight is 214 g/mol. The van der Waals surface area contributed by atoms with E-state index in [9.17, 15) is 4.79 Å². The third kappa shape index (κ3) is 1.68. The van der Waals surface area contributed by atoms with Gasteiger partial charge in [0.1, 0.15) is 0 Å². The van der Waals surface area contributed by atoms with Crippen molar-refractivity contribution in [3.8, 4) is 0 Å². The molecule has 2 aliphatic carbocycles. The lowest BCUT2D eigenvalue weighted by Gasteiger charge is -2.13. The second kappa shape index (κ2) is 4.04. The van der Waals surface area contributed by atoms with E-state index in [1.165, 1.54) is 31.2 Å². The molecule has 3 rings (SSSR count). The SMILES string of the molecule is O=C1c2ccccc2CC1CC1CCCC1. The summed E-state index contributed by atoms with van der Waals surface area (Å²) in [5, 5.41) is 0. The summed E-state index contributed by atoms with van der Waals surface area (Å²) in [5.74, 6) is 1.52. The standard InChI is InChI=1S/C15H18O/c16-15-13(9-11-5-1-2-6-11)10-12-7-3-4-8-14(12)15/h3-4,7-8,11,13H,1-2,5-6,9-10H2. The molecule has 1 aromatic carbocycles. The highest BCUT2D eigenvalue weighted by Gasteiger charge is 2.32. The van der Waals surface area contributed by atoms with Gasteiger partial charge in [0.2, 0.25) is 0 Å². The second-order valence-corrected chi connectivity index (χ2v) is 5.31. The Morgan fingerprint density at radius 1 is 1.12 bits per heavy atom. The predicted octanol–water partition coefficient (Wildman–Crippen LogP) is 3.62. The summed E-state index contributed by atoms with van der Waals surface area (Å²) in [6.45, 7) is 0. The van der Waals surface area contributed by atoms with Crippen molar-refractivity contribution in [1.29, 1.82) is 0 Å². The minimum absolute atomic E-state index is 0.292. The molecule has 0 spiro atoms. The van der Waals surface area contributed by atoms with Crippen LogP contribution in [0.1, 0.15) is 48.0 Å². The highest BCUT2D eigenvalue weighted by Crippen LogP contribution is 2.36. The van der Waals surface area contributed by atoms with Crippen molar-refractivity contribution in [3.63, 3.8) is 0 Å². The molecule has 1 fully saturated rings. The van der Waals surface area contributed by atoms with Crippen LogP contribution in [0, 0.1) is 11.8 Å². The van der Waals surface area contributed by atoms with Crippen molar-refractivity contribution in [3.05, 3.63) is 35.4 Å². The van der Waals surface area contributed by atoms with Gasteiger partial charge in [0.05, 0.1) is 0 Å². The Labute approximate surface area is 96.9 Å². The average Bonchev–Trinajstić information content (AvgIpc) is 2.90. The zero-order chi connectivity index (χ0) is 11.0. The number of hydrogen-bond donors (Lipinski definition) is 0. The van der Waals surface area contributed by atoms with Crippen LogP contribution in [0.4, 0.5) is 0 Å². The third-order valence-corrected chi connectivity index (χ3v) is 4.21. The van der Waals surface area contributed by atoms with Crippen LogP contribution in [-0.2, 0) is 6.42 Å². The molecule has 16 heavy (non-hydrogen) atoms. The lowest BCUT2D eigenvalue weighted by atomic mass is 9.90. The summed E-state index contributed by atoms with van der Waals surface area (Å²) in [6.07, 6.45) is 7.57. The number of fused-ring (bicyclic) bond motifs is 1. The minimum atomic E-state index is 0.292. The fraction of sp³-hybridized carbons (Fsp3) is 0.533. The first-order valence-corrected chi connectivity index (χ1v) is 6.46. The number of carbonyl (C=O) groups is 1. The first-order valence-electron chi connectivity index (χ1n) is 6.46. The molecule has 1 saturated carbocycles. The van der Waals surface area contributed by atoms with E-state index in [4.69, 9.17) is 0 Å². The lowest BCUT2D eigenvalue weighted by Crippen LogP contribution is -2.13. The predicted molar refractivity (Wildman–Crippen MR) is 64.5 cm³/mol. The second-order valence-electron chi connectivity index (χ2n) is 5.31. The molecule has 0 bridgehead atoms. The summed E-state index contributed by atoms with van der Waals surface area (Å²) in [5.41, 5.74) is 2.26. The van der Waals surface area contributed by atoms with Gasteiger partial charge in [-0.15, -0.1) is 0 Å². The molecule has 1 atom stereocenters. The molecule has 0 saturated heterocycles. The van der Waals surface area contributed by atoms with Gasteiger partial charge in [-0.1, -0.05) is 49.9 Å². The topological polar surface area (TPSA) is 17.1 Å². The Balaban J connectivity index is 1.74. The molecule has 0 heterocycles. The number of benzene rings is 1. The summed E-state index contributed by atoms with van der Waals surface area (Å²) >= 11 is 0. The van der Waals surface area contributed by atoms with E-state index < -0.39 is 0 Å². The number of carbonyl (C=O) groups excluding carboxylic acids is 1. The van der Waals surface area contributed by atoms with Crippen molar-refractivity contribution < 1.29 is 4.79 Å². The van der Waals surface area contributed by atoms with Crippen LogP contribution in [0.25, 0.3) is 0 Å². The number of rotatable bonds is 2. The maximum absolute atomic E-state index is 12.2. The molecular formula is C15H18O. The molecule has 0 amide bonds. The zero-order valence-corrected chi connectivity index (χ0v) is 9.61. The normalized spacial score (nSPS) is 25.0. The van der Waals surface area contributed by atoms with E-state index >= 15 is 0 Å². The third-order valence-electron chi connectivity index (χ3n) is 4.21. The van der Waals surface area contributed by atoms with Crippen molar-refractivity contribution >= 4 is 5.78 Å². The molecule has 0 aliphatic heterocycles. The van der Waals surface area contributed by atoms with Crippen LogP contribution in [0.15, 0.2) is 24.3 Å². The fourth-order valence-corrected chi connectivity index (χ4v) is 3.36. The smallest absolute Gasteiger partial charge is 0.166 e. The Morgan fingerprint density at radius 3 is 2.62 bits per heavy atom. The Kier molecular flexibility index (Phi) is 2.55. The molecule has 2 aliphatic rings. The quantitative estimate of drug-likeness (QED) is 0.734. The van der Waals surface area contributed by atoms with E-state index in [0.717, 1.165) is 24.3 Å². The van der Waals surface area contributed by atoms with E-state index in [0.29, 0.717) is 11.7 Å². The van der Waals surface area contributed by atoms with Crippen LogP contribution in [0.5, 0.6) is 0 Å². The van der Waals surface area contributed by atoms with Crippen LogP contribution in [0.2, 0.25) is 0 Å². The van der Waals surface area contributed by atoms with Crippen LogP contribution in [-0.4, -0.2) is 5.78 Å². The van der Waals surface area contributed by atoms with Gasteiger partial charge in [-0.25, -0.2) is 0 Å². The van der Waals surface area contributed by atoms with Crippen molar-refractivity contribution in [2.75, 3.05) is 0 Å². The summed E-state index contributed by atoms with van der Waals surface area (Å²) < 4.78 is 0. The Morgan fingerprint density at radius 2 is 1.88 bits per heavy atom. The van der Waals surface area contributed by atoms with Gasteiger partial charge in [-0.3, -0.25) is 4.79 Å². The van der Waals surface area contributed by atoms with Gasteiger partial charge in [-0.05, 0) is 24.3 Å².